The maximum absolute atomic E-state index is 12.0. The van der Waals surface area contributed by atoms with E-state index >= 15 is 0 Å². The van der Waals surface area contributed by atoms with Crippen LogP contribution in [0.5, 0.6) is 0 Å². The second kappa shape index (κ2) is 16.0. The van der Waals surface area contributed by atoms with Crippen LogP contribution in [-0.2, 0) is 9.53 Å². The minimum atomic E-state index is -1.44. The van der Waals surface area contributed by atoms with Gasteiger partial charge in [-0.15, -0.1) is 0 Å². The predicted molar refractivity (Wildman–Crippen MR) is 112 cm³/mol. The normalized spacial score (nSPS) is 27.1. The van der Waals surface area contributed by atoms with Gasteiger partial charge in [-0.1, -0.05) is 77.6 Å². The molecule has 0 spiro atoms. The van der Waals surface area contributed by atoms with Crippen LogP contribution in [0.15, 0.2) is 0 Å². The Balaban J connectivity index is 2.00. The van der Waals surface area contributed by atoms with E-state index in [-0.39, 0.29) is 12.3 Å². The third-order valence-electron chi connectivity index (χ3n) is 5.73. The van der Waals surface area contributed by atoms with E-state index in [9.17, 15) is 25.2 Å². The topological polar surface area (TPSA) is 119 Å². The van der Waals surface area contributed by atoms with Crippen LogP contribution in [0.25, 0.3) is 0 Å². The minimum absolute atomic E-state index is 0.111. The Bertz CT molecular complexity index is 420. The highest BCUT2D eigenvalue weighted by Gasteiger charge is 2.43. The van der Waals surface area contributed by atoms with Gasteiger partial charge in [0.1, 0.15) is 24.4 Å². The summed E-state index contributed by atoms with van der Waals surface area (Å²) in [6.07, 6.45) is 8.94. The fraction of sp³-hybridized carbons (Fsp3) is 0.955. The SMILES string of the molecule is CCCCCCCCCCCCCCNC(=O)CC1O[C@H](CO)[C@@H](O)[C@H](O)[C@@H]1O. The Kier molecular flexibility index (Phi) is 14.5. The van der Waals surface area contributed by atoms with Crippen molar-refractivity contribution in [3.63, 3.8) is 0 Å². The van der Waals surface area contributed by atoms with Gasteiger partial charge in [-0.05, 0) is 6.42 Å². The van der Waals surface area contributed by atoms with Gasteiger partial charge in [0.05, 0.1) is 19.1 Å². The summed E-state index contributed by atoms with van der Waals surface area (Å²) in [5.41, 5.74) is 0. The molecule has 0 aromatic heterocycles. The van der Waals surface area contributed by atoms with Crippen LogP contribution < -0.4 is 5.32 Å². The van der Waals surface area contributed by atoms with E-state index in [2.05, 4.69) is 12.2 Å². The second-order valence-corrected chi connectivity index (χ2v) is 8.31. The summed E-state index contributed by atoms with van der Waals surface area (Å²) in [4.78, 5) is 12.0. The molecule has 0 radical (unpaired) electrons. The molecule has 0 bridgehead atoms. The third kappa shape index (κ3) is 10.7. The van der Waals surface area contributed by atoms with E-state index in [4.69, 9.17) is 4.74 Å². The molecule has 0 saturated carbocycles. The summed E-state index contributed by atoms with van der Waals surface area (Å²) >= 11 is 0. The molecule has 172 valence electrons. The minimum Gasteiger partial charge on any atom is -0.394 e. The number of carbonyl (C=O) groups excluding carboxylic acids is 1. The van der Waals surface area contributed by atoms with Gasteiger partial charge in [-0.25, -0.2) is 0 Å². The Morgan fingerprint density at radius 1 is 0.759 bits per heavy atom. The van der Waals surface area contributed by atoms with Crippen molar-refractivity contribution < 1.29 is 30.0 Å². The molecular formula is C22H43NO6. The van der Waals surface area contributed by atoms with E-state index in [1.54, 1.807) is 0 Å². The molecule has 1 aliphatic heterocycles. The quantitative estimate of drug-likeness (QED) is 0.245. The number of unbranched alkanes of at least 4 members (excludes halogenated alkanes) is 11. The van der Waals surface area contributed by atoms with Crippen LogP contribution >= 0.6 is 0 Å². The van der Waals surface area contributed by atoms with Crippen molar-refractivity contribution >= 4 is 5.91 Å². The number of hydrogen-bond donors (Lipinski definition) is 5. The number of nitrogens with one attached hydrogen (secondary N) is 1. The zero-order valence-electron chi connectivity index (χ0n) is 18.1. The molecule has 1 amide bonds. The van der Waals surface area contributed by atoms with Crippen molar-refractivity contribution in [1.29, 1.82) is 0 Å². The third-order valence-corrected chi connectivity index (χ3v) is 5.73. The first-order valence-electron chi connectivity index (χ1n) is 11.6. The number of aliphatic hydroxyl groups excluding tert-OH is 4. The molecule has 1 rings (SSSR count). The first-order valence-corrected chi connectivity index (χ1v) is 11.6. The molecule has 0 aliphatic carbocycles. The number of aliphatic hydroxyl groups is 4. The zero-order valence-corrected chi connectivity index (χ0v) is 18.1. The van der Waals surface area contributed by atoms with Crippen LogP contribution in [0, 0.1) is 0 Å². The smallest absolute Gasteiger partial charge is 0.222 e. The Morgan fingerprint density at radius 2 is 1.24 bits per heavy atom. The van der Waals surface area contributed by atoms with Gasteiger partial charge in [0, 0.05) is 6.54 Å². The average molecular weight is 418 g/mol. The Hall–Kier alpha value is -0.730. The molecule has 0 aromatic rings. The van der Waals surface area contributed by atoms with Crippen molar-refractivity contribution in [2.75, 3.05) is 13.2 Å². The molecule has 29 heavy (non-hydrogen) atoms. The molecule has 5 N–H and O–H groups in total. The molecule has 1 aliphatic rings. The highest BCUT2D eigenvalue weighted by atomic mass is 16.5. The van der Waals surface area contributed by atoms with Gasteiger partial charge in [0.2, 0.25) is 5.91 Å². The number of amides is 1. The lowest BCUT2D eigenvalue weighted by atomic mass is 9.93. The largest absolute Gasteiger partial charge is 0.394 e. The Labute approximate surface area is 175 Å². The summed E-state index contributed by atoms with van der Waals surface area (Å²) in [6.45, 7) is 2.33. The van der Waals surface area contributed by atoms with E-state index in [1.165, 1.54) is 64.2 Å². The summed E-state index contributed by atoms with van der Waals surface area (Å²) in [6, 6.07) is 0. The lowest BCUT2D eigenvalue weighted by molar-refractivity contribution is -0.229. The van der Waals surface area contributed by atoms with Crippen LogP contribution in [0.1, 0.15) is 90.4 Å². The zero-order chi connectivity index (χ0) is 21.5. The Morgan fingerprint density at radius 3 is 1.76 bits per heavy atom. The number of ether oxygens (including phenoxy) is 1. The maximum Gasteiger partial charge on any atom is 0.222 e. The van der Waals surface area contributed by atoms with Crippen molar-refractivity contribution in [2.24, 2.45) is 0 Å². The van der Waals surface area contributed by atoms with Gasteiger partial charge < -0.3 is 30.5 Å². The summed E-state index contributed by atoms with van der Waals surface area (Å²) in [5.74, 6) is -0.266. The monoisotopic (exact) mass is 417 g/mol. The van der Waals surface area contributed by atoms with E-state index in [0.717, 1.165) is 12.8 Å². The molecule has 1 unspecified atom stereocenters. The summed E-state index contributed by atoms with van der Waals surface area (Å²) in [7, 11) is 0. The lowest BCUT2D eigenvalue weighted by Gasteiger charge is -2.39. The molecule has 7 heteroatoms. The summed E-state index contributed by atoms with van der Waals surface area (Å²) in [5, 5.41) is 41.4. The molecule has 5 atom stereocenters. The fourth-order valence-electron chi connectivity index (χ4n) is 3.80. The first kappa shape index (κ1) is 26.3. The van der Waals surface area contributed by atoms with Crippen LogP contribution in [0.4, 0.5) is 0 Å². The maximum atomic E-state index is 12.0. The van der Waals surface area contributed by atoms with Crippen molar-refractivity contribution in [2.45, 2.75) is 121 Å². The fourth-order valence-corrected chi connectivity index (χ4v) is 3.80. The first-order chi connectivity index (χ1) is 14.0. The van der Waals surface area contributed by atoms with Gasteiger partial charge >= 0.3 is 0 Å². The summed E-state index contributed by atoms with van der Waals surface area (Å²) < 4.78 is 5.35. The van der Waals surface area contributed by atoms with Crippen molar-refractivity contribution in [3.8, 4) is 0 Å². The molecular weight excluding hydrogens is 374 g/mol. The molecule has 1 heterocycles. The lowest BCUT2D eigenvalue weighted by Crippen LogP contribution is -2.59. The van der Waals surface area contributed by atoms with Gasteiger partial charge in [-0.3, -0.25) is 4.79 Å². The van der Waals surface area contributed by atoms with E-state index in [0.29, 0.717) is 6.54 Å². The standard InChI is InChI=1S/C22H43NO6/c1-2-3-4-5-6-7-8-9-10-11-12-13-14-23-19(25)15-17-20(26)22(28)21(27)18(16-24)29-17/h17-18,20-22,24,26-28H,2-16H2,1H3,(H,23,25)/t17?,18-,20-,21-,22-/m1/s1. The number of rotatable bonds is 16. The van der Waals surface area contributed by atoms with Gasteiger partial charge in [-0.2, -0.15) is 0 Å². The number of hydrogen-bond acceptors (Lipinski definition) is 6. The van der Waals surface area contributed by atoms with Crippen LogP contribution in [-0.4, -0.2) is 70.0 Å². The molecule has 0 aromatic carbocycles. The highest BCUT2D eigenvalue weighted by Crippen LogP contribution is 2.23. The van der Waals surface area contributed by atoms with Crippen molar-refractivity contribution in [3.05, 3.63) is 0 Å². The number of carbonyl (C=O) groups is 1. The van der Waals surface area contributed by atoms with Crippen molar-refractivity contribution in [1.82, 2.24) is 5.32 Å². The van der Waals surface area contributed by atoms with Crippen LogP contribution in [0.2, 0.25) is 0 Å². The molecule has 7 nitrogen and oxygen atoms in total. The van der Waals surface area contributed by atoms with Gasteiger partial charge in [0.15, 0.2) is 0 Å². The second-order valence-electron chi connectivity index (χ2n) is 8.31. The predicted octanol–water partition coefficient (Wildman–Crippen LogP) is 2.04. The average Bonchev–Trinajstić information content (AvgIpc) is 2.71. The highest BCUT2D eigenvalue weighted by molar-refractivity contribution is 5.76. The molecule has 1 fully saturated rings. The van der Waals surface area contributed by atoms with Crippen LogP contribution in [0.3, 0.4) is 0 Å². The van der Waals surface area contributed by atoms with E-state index in [1.807, 2.05) is 0 Å². The van der Waals surface area contributed by atoms with E-state index < -0.39 is 37.1 Å². The van der Waals surface area contributed by atoms with Gasteiger partial charge in [0.25, 0.3) is 0 Å². The molecule has 1 saturated heterocycles.